The number of aromatic nitrogens is 4. The summed E-state index contributed by atoms with van der Waals surface area (Å²) in [4.78, 5) is 20.7. The zero-order valence-corrected chi connectivity index (χ0v) is 34.7. The largest absolute Gasteiger partial charge is 0.456 e. The van der Waals surface area contributed by atoms with E-state index in [0.717, 1.165) is 94.2 Å². The minimum absolute atomic E-state index is 0.573. The molecule has 6 nitrogen and oxygen atoms in total. The molecule has 6 heteroatoms. The molecule has 302 valence electrons. The third-order valence-electron chi connectivity index (χ3n) is 13.4. The van der Waals surface area contributed by atoms with Crippen LogP contribution in [0.1, 0.15) is 22.3 Å². The maximum atomic E-state index is 7.17. The molecular formula is C59H34N4O2. The molecule has 1 aliphatic carbocycles. The lowest BCUT2D eigenvalue weighted by Gasteiger charge is -2.40. The van der Waals surface area contributed by atoms with Crippen molar-refractivity contribution in [1.82, 2.24) is 19.9 Å². The zero-order valence-electron chi connectivity index (χ0n) is 34.7. The highest BCUT2D eigenvalue weighted by Crippen LogP contribution is 2.63. The second-order valence-electron chi connectivity index (χ2n) is 16.8. The summed E-state index contributed by atoms with van der Waals surface area (Å²) in [5.74, 6) is 3.46. The Morgan fingerprint density at radius 1 is 0.338 bits per heavy atom. The lowest BCUT2D eigenvalue weighted by molar-refractivity contribution is 0.442. The van der Waals surface area contributed by atoms with Crippen LogP contribution in [0, 0.1) is 0 Å². The predicted molar refractivity (Wildman–Crippen MR) is 259 cm³/mol. The van der Waals surface area contributed by atoms with Crippen molar-refractivity contribution in [3.8, 4) is 68.0 Å². The summed E-state index contributed by atoms with van der Waals surface area (Å²) in [6.45, 7) is 0. The van der Waals surface area contributed by atoms with Gasteiger partial charge in [0, 0.05) is 60.3 Å². The zero-order chi connectivity index (χ0) is 42.6. The third kappa shape index (κ3) is 5.10. The van der Waals surface area contributed by atoms with Crippen molar-refractivity contribution in [3.63, 3.8) is 0 Å². The van der Waals surface area contributed by atoms with E-state index in [4.69, 9.17) is 29.1 Å². The van der Waals surface area contributed by atoms with Crippen molar-refractivity contribution in [2.75, 3.05) is 0 Å². The van der Waals surface area contributed by atoms with Gasteiger partial charge in [-0.25, -0.2) is 19.9 Å². The molecule has 14 rings (SSSR count). The fourth-order valence-corrected chi connectivity index (χ4v) is 10.6. The molecule has 0 saturated heterocycles. The number of hydrogen-bond donors (Lipinski definition) is 0. The van der Waals surface area contributed by atoms with E-state index in [-0.39, 0.29) is 0 Å². The van der Waals surface area contributed by atoms with Crippen molar-refractivity contribution in [1.29, 1.82) is 0 Å². The molecule has 0 saturated carbocycles. The fraction of sp³-hybridized carbons (Fsp3) is 0.0169. The van der Waals surface area contributed by atoms with Gasteiger partial charge in [0.25, 0.3) is 0 Å². The van der Waals surface area contributed by atoms with Gasteiger partial charge in [-0.05, 0) is 46.5 Å². The lowest BCUT2D eigenvalue weighted by atomic mass is 9.65. The Balaban J connectivity index is 0.959. The Hall–Kier alpha value is -8.74. The molecule has 65 heavy (non-hydrogen) atoms. The summed E-state index contributed by atoms with van der Waals surface area (Å²) >= 11 is 0. The van der Waals surface area contributed by atoms with Crippen LogP contribution in [0.5, 0.6) is 11.5 Å². The Bertz CT molecular complexity index is 3890. The Labute approximate surface area is 373 Å². The Morgan fingerprint density at radius 2 is 0.923 bits per heavy atom. The van der Waals surface area contributed by atoms with Crippen molar-refractivity contribution < 1.29 is 9.15 Å². The molecule has 4 heterocycles. The standard InChI is InChI=1S/C59H34N4O2/c1-2-15-36(16-3-1)56-61-57(63-58(62-56)43-21-14-28-51-52(43)41-20-7-12-26-49(41)64-51)37-31-29-35(30-32-37)54-42-33-34-47-55(53(42)40-19-6-11-25-48(40)60-54)65-50-27-13-10-24-46(50)59(47)44-22-8-4-17-38(44)39-18-5-9-23-45(39)59/h1-34H. The average Bonchev–Trinajstić information content (AvgIpc) is 3.90. The van der Waals surface area contributed by atoms with E-state index in [1.165, 1.54) is 22.3 Å². The molecule has 2 aliphatic rings. The number of hydrogen-bond acceptors (Lipinski definition) is 6. The molecule has 0 N–H and O–H groups in total. The van der Waals surface area contributed by atoms with Gasteiger partial charge in [-0.3, -0.25) is 0 Å². The summed E-state index contributed by atoms with van der Waals surface area (Å²) in [6, 6.07) is 71.8. The summed E-state index contributed by atoms with van der Waals surface area (Å²) in [6.07, 6.45) is 0. The van der Waals surface area contributed by atoms with Gasteiger partial charge in [0.05, 0.1) is 16.6 Å². The minimum atomic E-state index is -0.573. The van der Waals surface area contributed by atoms with Crippen LogP contribution in [0.2, 0.25) is 0 Å². The van der Waals surface area contributed by atoms with Gasteiger partial charge in [0.15, 0.2) is 17.5 Å². The number of pyridine rings is 1. The number of fused-ring (bicyclic) bond motifs is 16. The van der Waals surface area contributed by atoms with Gasteiger partial charge in [-0.15, -0.1) is 0 Å². The predicted octanol–water partition coefficient (Wildman–Crippen LogP) is 14.6. The highest BCUT2D eigenvalue weighted by atomic mass is 16.5. The van der Waals surface area contributed by atoms with Gasteiger partial charge in [-0.2, -0.15) is 0 Å². The molecule has 1 aliphatic heterocycles. The highest BCUT2D eigenvalue weighted by molar-refractivity contribution is 6.15. The van der Waals surface area contributed by atoms with Gasteiger partial charge >= 0.3 is 0 Å². The molecule has 12 aromatic rings. The molecular weight excluding hydrogens is 797 g/mol. The van der Waals surface area contributed by atoms with E-state index in [1.54, 1.807) is 0 Å². The van der Waals surface area contributed by atoms with E-state index >= 15 is 0 Å². The van der Waals surface area contributed by atoms with Crippen LogP contribution in [-0.2, 0) is 5.41 Å². The first-order valence-corrected chi connectivity index (χ1v) is 21.9. The molecule has 3 aromatic heterocycles. The highest BCUT2D eigenvalue weighted by Gasteiger charge is 2.51. The van der Waals surface area contributed by atoms with E-state index in [9.17, 15) is 0 Å². The molecule has 0 bridgehead atoms. The normalized spacial score (nSPS) is 13.2. The van der Waals surface area contributed by atoms with Gasteiger partial charge in [0.1, 0.15) is 22.7 Å². The smallest absolute Gasteiger partial charge is 0.164 e. The Morgan fingerprint density at radius 3 is 1.71 bits per heavy atom. The summed E-state index contributed by atoms with van der Waals surface area (Å²) < 4.78 is 13.4. The number of para-hydroxylation sites is 3. The first-order valence-electron chi connectivity index (χ1n) is 21.9. The van der Waals surface area contributed by atoms with Crippen molar-refractivity contribution in [2.45, 2.75) is 5.41 Å². The van der Waals surface area contributed by atoms with Crippen molar-refractivity contribution in [3.05, 3.63) is 229 Å². The maximum Gasteiger partial charge on any atom is 0.164 e. The van der Waals surface area contributed by atoms with E-state index in [2.05, 4.69) is 146 Å². The number of furan rings is 1. The summed E-state index contributed by atoms with van der Waals surface area (Å²) in [5.41, 5.74) is 13.7. The average molecular weight is 831 g/mol. The number of nitrogens with zero attached hydrogens (tertiary/aromatic N) is 4. The molecule has 0 fully saturated rings. The topological polar surface area (TPSA) is 73.9 Å². The molecule has 0 amide bonds. The lowest BCUT2D eigenvalue weighted by Crippen LogP contribution is -2.32. The molecule has 0 radical (unpaired) electrons. The molecule has 1 spiro atoms. The minimum Gasteiger partial charge on any atom is -0.456 e. The van der Waals surface area contributed by atoms with Gasteiger partial charge in [-0.1, -0.05) is 182 Å². The van der Waals surface area contributed by atoms with E-state index in [0.29, 0.717) is 17.5 Å². The maximum absolute atomic E-state index is 7.17. The quantitative estimate of drug-likeness (QED) is 0.165. The van der Waals surface area contributed by atoms with Gasteiger partial charge < -0.3 is 9.15 Å². The summed E-state index contributed by atoms with van der Waals surface area (Å²) in [5, 5.41) is 5.09. The second kappa shape index (κ2) is 13.6. The van der Waals surface area contributed by atoms with Crippen LogP contribution in [0.3, 0.4) is 0 Å². The molecule has 9 aromatic carbocycles. The van der Waals surface area contributed by atoms with Crippen molar-refractivity contribution >= 4 is 43.6 Å². The number of benzene rings is 9. The first kappa shape index (κ1) is 35.8. The summed E-state index contributed by atoms with van der Waals surface area (Å²) in [7, 11) is 0. The monoisotopic (exact) mass is 830 g/mol. The second-order valence-corrected chi connectivity index (χ2v) is 16.8. The van der Waals surface area contributed by atoms with Crippen LogP contribution < -0.4 is 4.74 Å². The number of ether oxygens (including phenoxy) is 1. The molecule has 0 atom stereocenters. The van der Waals surface area contributed by atoms with E-state index in [1.807, 2.05) is 60.7 Å². The fourth-order valence-electron chi connectivity index (χ4n) is 10.6. The third-order valence-corrected chi connectivity index (χ3v) is 13.4. The first-order chi connectivity index (χ1) is 32.2. The molecule has 0 unspecified atom stereocenters. The SMILES string of the molecule is c1ccc(-c2nc(-c3ccc(-c4nc5ccccc5c5c6c(ccc45)C4(c5ccccc5O6)c5ccccc5-c5ccccc54)cc3)nc(-c3cccc4oc5ccccc5c34)n2)cc1. The van der Waals surface area contributed by atoms with Crippen LogP contribution in [-0.4, -0.2) is 19.9 Å². The van der Waals surface area contributed by atoms with E-state index < -0.39 is 5.41 Å². The Kier molecular flexibility index (Phi) is 7.51. The number of rotatable bonds is 4. The van der Waals surface area contributed by atoms with Crippen LogP contribution in [0.4, 0.5) is 0 Å². The van der Waals surface area contributed by atoms with Crippen molar-refractivity contribution in [2.24, 2.45) is 0 Å². The van der Waals surface area contributed by atoms with Crippen LogP contribution >= 0.6 is 0 Å². The van der Waals surface area contributed by atoms with Crippen LogP contribution in [0.15, 0.2) is 211 Å². The van der Waals surface area contributed by atoms with Crippen LogP contribution in [0.25, 0.3) is 100 Å². The van der Waals surface area contributed by atoms with Gasteiger partial charge in [0.2, 0.25) is 0 Å².